The van der Waals surface area contributed by atoms with Gasteiger partial charge in [0.25, 0.3) is 0 Å². The summed E-state index contributed by atoms with van der Waals surface area (Å²) in [7, 11) is 1.28. The van der Waals surface area contributed by atoms with E-state index in [-0.39, 0.29) is 11.0 Å². The maximum absolute atomic E-state index is 12.3. The minimum atomic E-state index is -0.599. The molecule has 0 bridgehead atoms. The molecule has 0 aliphatic heterocycles. The van der Waals surface area contributed by atoms with Crippen LogP contribution in [0.4, 0.5) is 0 Å². The first-order chi connectivity index (χ1) is 8.69. The Balaban J connectivity index is 2.79. The average molecular weight is 263 g/mol. The monoisotopic (exact) mass is 263 g/mol. The Morgan fingerprint density at radius 2 is 2.11 bits per heavy atom. The number of carbonyl (C=O) groups is 1. The van der Waals surface area contributed by atoms with E-state index in [1.54, 1.807) is 12.1 Å². The third-order valence-corrected chi connectivity index (χ3v) is 3.44. The van der Waals surface area contributed by atoms with Gasteiger partial charge in [0, 0.05) is 5.39 Å². The summed E-state index contributed by atoms with van der Waals surface area (Å²) in [5.41, 5.74) is 0.529. The van der Waals surface area contributed by atoms with Crippen LogP contribution in [0.3, 0.4) is 0 Å². The Bertz CT molecular complexity index is 648. The van der Waals surface area contributed by atoms with Crippen LogP contribution in [-0.4, -0.2) is 23.8 Å². The fraction of sp³-hybridized carbons (Fsp3) is 0.231. The van der Waals surface area contributed by atoms with E-state index in [0.29, 0.717) is 10.4 Å². The molecule has 2 aromatic rings. The van der Waals surface area contributed by atoms with Crippen molar-refractivity contribution in [1.29, 1.82) is 0 Å². The number of hydrogen-bond acceptors (Lipinski definition) is 4. The van der Waals surface area contributed by atoms with Crippen molar-refractivity contribution in [2.24, 2.45) is 0 Å². The van der Waals surface area contributed by atoms with Crippen molar-refractivity contribution >= 4 is 28.6 Å². The summed E-state index contributed by atoms with van der Waals surface area (Å²) < 4.78 is 4.68. The van der Waals surface area contributed by atoms with Crippen molar-refractivity contribution in [3.05, 3.63) is 40.1 Å². The fourth-order valence-corrected chi connectivity index (χ4v) is 2.54. The van der Waals surface area contributed by atoms with Crippen LogP contribution in [-0.2, 0) is 4.74 Å². The number of benzene rings is 1. The van der Waals surface area contributed by atoms with Crippen LogP contribution < -0.4 is 5.43 Å². The van der Waals surface area contributed by atoms with Gasteiger partial charge in [0.15, 0.2) is 0 Å². The number of carbonyl (C=O) groups excluding carboxylic acids is 1. The van der Waals surface area contributed by atoms with E-state index in [9.17, 15) is 9.59 Å². The van der Waals surface area contributed by atoms with E-state index in [0.717, 1.165) is 11.3 Å². The van der Waals surface area contributed by atoms with Gasteiger partial charge in [-0.15, -0.1) is 11.8 Å². The molecular formula is C13H13NO3S. The third kappa shape index (κ3) is 2.13. The maximum atomic E-state index is 12.3. The fourth-order valence-electron chi connectivity index (χ4n) is 1.75. The molecule has 0 aliphatic carbocycles. The zero-order valence-corrected chi connectivity index (χ0v) is 11.0. The second-order valence-electron chi connectivity index (χ2n) is 3.63. The minimum Gasteiger partial charge on any atom is -0.465 e. The summed E-state index contributed by atoms with van der Waals surface area (Å²) in [5.74, 6) is 0.163. The van der Waals surface area contributed by atoms with E-state index in [2.05, 4.69) is 9.72 Å². The number of fused-ring (bicyclic) bond motifs is 1. The molecule has 1 heterocycles. The zero-order chi connectivity index (χ0) is 13.1. The molecule has 0 unspecified atom stereocenters. The smallest absolute Gasteiger partial charge is 0.344 e. The lowest BCUT2D eigenvalue weighted by Crippen LogP contribution is -2.19. The Morgan fingerprint density at radius 1 is 1.39 bits per heavy atom. The summed E-state index contributed by atoms with van der Waals surface area (Å²) in [6, 6.07) is 7.13. The summed E-state index contributed by atoms with van der Waals surface area (Å²) in [6.07, 6.45) is 0. The highest BCUT2D eigenvalue weighted by molar-refractivity contribution is 7.99. The number of para-hydroxylation sites is 1. The van der Waals surface area contributed by atoms with Gasteiger partial charge in [-0.2, -0.15) is 0 Å². The molecule has 18 heavy (non-hydrogen) atoms. The average Bonchev–Trinajstić information content (AvgIpc) is 2.39. The molecule has 0 saturated heterocycles. The van der Waals surface area contributed by atoms with Crippen molar-refractivity contribution < 1.29 is 9.53 Å². The molecule has 1 N–H and O–H groups in total. The van der Waals surface area contributed by atoms with Crippen LogP contribution in [0.15, 0.2) is 34.1 Å². The highest BCUT2D eigenvalue weighted by Crippen LogP contribution is 2.21. The highest BCUT2D eigenvalue weighted by Gasteiger charge is 2.19. The molecule has 4 nitrogen and oxygen atoms in total. The number of thioether (sulfide) groups is 1. The normalized spacial score (nSPS) is 10.6. The lowest BCUT2D eigenvalue weighted by Gasteiger charge is -2.08. The second kappa shape index (κ2) is 5.27. The molecular weight excluding hydrogens is 250 g/mol. The number of rotatable bonds is 3. The van der Waals surface area contributed by atoms with Crippen LogP contribution in [0.25, 0.3) is 10.9 Å². The van der Waals surface area contributed by atoms with Gasteiger partial charge in [-0.25, -0.2) is 4.79 Å². The quantitative estimate of drug-likeness (QED) is 0.682. The first-order valence-electron chi connectivity index (χ1n) is 5.55. The lowest BCUT2D eigenvalue weighted by molar-refractivity contribution is 0.0594. The van der Waals surface area contributed by atoms with Crippen LogP contribution in [0.1, 0.15) is 17.3 Å². The number of aromatic nitrogens is 1. The number of nitrogens with one attached hydrogen (secondary N) is 1. The molecule has 0 atom stereocenters. The van der Waals surface area contributed by atoms with Gasteiger partial charge < -0.3 is 9.72 Å². The van der Waals surface area contributed by atoms with Crippen LogP contribution in [0.5, 0.6) is 0 Å². The highest BCUT2D eigenvalue weighted by atomic mass is 32.2. The first kappa shape index (κ1) is 12.7. The van der Waals surface area contributed by atoms with Crippen molar-refractivity contribution in [3.8, 4) is 0 Å². The van der Waals surface area contributed by atoms with Gasteiger partial charge >= 0.3 is 5.97 Å². The molecule has 0 radical (unpaired) electrons. The first-order valence-corrected chi connectivity index (χ1v) is 6.53. The third-order valence-electron chi connectivity index (χ3n) is 2.55. The van der Waals surface area contributed by atoms with Crippen molar-refractivity contribution in [2.45, 2.75) is 11.9 Å². The van der Waals surface area contributed by atoms with Crippen LogP contribution in [0.2, 0.25) is 0 Å². The van der Waals surface area contributed by atoms with Crippen LogP contribution in [0, 0.1) is 0 Å². The number of hydrogen-bond donors (Lipinski definition) is 1. The summed E-state index contributed by atoms with van der Waals surface area (Å²) in [6.45, 7) is 1.96. The number of ether oxygens (including phenoxy) is 1. The molecule has 2 rings (SSSR count). The molecule has 94 valence electrons. The number of aromatic amines is 1. The SMILES string of the molecule is CCSc1[nH]c2ccccc2c(=O)c1C(=O)OC. The predicted molar refractivity (Wildman–Crippen MR) is 72.3 cm³/mol. The Labute approximate surface area is 108 Å². The number of methoxy groups -OCH3 is 1. The van der Waals surface area contributed by atoms with Gasteiger partial charge in [-0.1, -0.05) is 19.1 Å². The Morgan fingerprint density at radius 3 is 2.78 bits per heavy atom. The zero-order valence-electron chi connectivity index (χ0n) is 10.1. The lowest BCUT2D eigenvalue weighted by atomic mass is 10.1. The minimum absolute atomic E-state index is 0.0862. The van der Waals surface area contributed by atoms with E-state index in [1.807, 2.05) is 19.1 Å². The number of H-pyrrole nitrogens is 1. The van der Waals surface area contributed by atoms with Crippen molar-refractivity contribution in [3.63, 3.8) is 0 Å². The van der Waals surface area contributed by atoms with Crippen molar-refractivity contribution in [2.75, 3.05) is 12.9 Å². The topological polar surface area (TPSA) is 59.2 Å². The predicted octanol–water partition coefficient (Wildman–Crippen LogP) is 2.43. The van der Waals surface area contributed by atoms with Gasteiger partial charge in [-0.05, 0) is 17.9 Å². The molecule has 0 amide bonds. The Hall–Kier alpha value is -1.75. The van der Waals surface area contributed by atoms with Crippen LogP contribution >= 0.6 is 11.8 Å². The largest absolute Gasteiger partial charge is 0.465 e. The van der Waals surface area contributed by atoms with E-state index in [4.69, 9.17) is 0 Å². The van der Waals surface area contributed by atoms with E-state index < -0.39 is 5.97 Å². The standard InChI is InChI=1S/C13H13NO3S/c1-3-18-12-10(13(16)17-2)11(15)8-6-4-5-7-9(8)14-12/h4-7H,3H2,1-2H3,(H,14,15). The van der Waals surface area contributed by atoms with E-state index in [1.165, 1.54) is 18.9 Å². The molecule has 0 saturated carbocycles. The molecule has 1 aromatic carbocycles. The maximum Gasteiger partial charge on any atom is 0.344 e. The molecule has 0 spiro atoms. The second-order valence-corrected chi connectivity index (χ2v) is 4.90. The molecule has 1 aromatic heterocycles. The molecule has 0 aliphatic rings. The van der Waals surface area contributed by atoms with Gasteiger partial charge in [0.05, 0.1) is 17.7 Å². The van der Waals surface area contributed by atoms with Gasteiger partial charge in [0.1, 0.15) is 5.56 Å². The Kier molecular flexibility index (Phi) is 3.72. The van der Waals surface area contributed by atoms with E-state index >= 15 is 0 Å². The summed E-state index contributed by atoms with van der Waals surface area (Å²) >= 11 is 1.42. The number of esters is 1. The summed E-state index contributed by atoms with van der Waals surface area (Å²) in [4.78, 5) is 27.1. The summed E-state index contributed by atoms with van der Waals surface area (Å²) in [5, 5.41) is 1.06. The molecule has 0 fully saturated rings. The number of pyridine rings is 1. The van der Waals surface area contributed by atoms with Crippen molar-refractivity contribution in [1.82, 2.24) is 4.98 Å². The molecule has 5 heteroatoms. The van der Waals surface area contributed by atoms with Gasteiger partial charge in [-0.3, -0.25) is 4.79 Å². The van der Waals surface area contributed by atoms with Gasteiger partial charge in [0.2, 0.25) is 5.43 Å².